The van der Waals surface area contributed by atoms with E-state index in [1.165, 1.54) is 0 Å². The lowest BCUT2D eigenvalue weighted by molar-refractivity contribution is -0.121. The summed E-state index contributed by atoms with van der Waals surface area (Å²) in [6.45, 7) is 1.92. The highest BCUT2D eigenvalue weighted by Crippen LogP contribution is 2.23. The van der Waals surface area contributed by atoms with E-state index < -0.39 is 0 Å². The highest BCUT2D eigenvalue weighted by Gasteiger charge is 2.23. The maximum atomic E-state index is 12.5. The number of aromatic nitrogens is 4. The van der Waals surface area contributed by atoms with E-state index >= 15 is 0 Å². The first-order valence-corrected chi connectivity index (χ1v) is 8.84. The maximum Gasteiger partial charge on any atom is 0.228 e. The topological polar surface area (TPSA) is 75.9 Å². The van der Waals surface area contributed by atoms with Crippen LogP contribution in [0.15, 0.2) is 36.8 Å². The van der Waals surface area contributed by atoms with Gasteiger partial charge in [0.25, 0.3) is 0 Å². The van der Waals surface area contributed by atoms with Gasteiger partial charge in [0.05, 0.1) is 17.4 Å². The fourth-order valence-corrected chi connectivity index (χ4v) is 3.31. The number of piperidine rings is 1. The van der Waals surface area contributed by atoms with Crippen LogP contribution in [-0.2, 0) is 11.8 Å². The van der Waals surface area contributed by atoms with Gasteiger partial charge in [-0.3, -0.25) is 14.5 Å². The molecular weight excluding hydrogens is 328 g/mol. The van der Waals surface area contributed by atoms with Crippen molar-refractivity contribution in [2.45, 2.75) is 12.8 Å². The SMILES string of the molecule is CN1CCC(C(=O)Nc2cc3cc(-c4ccn(C)n4)cnc3cn2)CC1. The zero-order chi connectivity index (χ0) is 18.1. The summed E-state index contributed by atoms with van der Waals surface area (Å²) in [5.74, 6) is 0.682. The van der Waals surface area contributed by atoms with Crippen molar-refractivity contribution in [3.8, 4) is 11.3 Å². The van der Waals surface area contributed by atoms with Crippen LogP contribution in [0, 0.1) is 5.92 Å². The number of hydrogen-bond acceptors (Lipinski definition) is 5. The second-order valence-corrected chi connectivity index (χ2v) is 6.93. The molecule has 134 valence electrons. The minimum absolute atomic E-state index is 0.0544. The van der Waals surface area contributed by atoms with Gasteiger partial charge in [-0.2, -0.15) is 5.10 Å². The van der Waals surface area contributed by atoms with Crippen molar-refractivity contribution in [1.82, 2.24) is 24.6 Å². The number of hydrogen-bond donors (Lipinski definition) is 1. The van der Waals surface area contributed by atoms with E-state index in [-0.39, 0.29) is 11.8 Å². The van der Waals surface area contributed by atoms with E-state index in [2.05, 4.69) is 32.3 Å². The minimum Gasteiger partial charge on any atom is -0.310 e. The van der Waals surface area contributed by atoms with E-state index in [4.69, 9.17) is 0 Å². The van der Waals surface area contributed by atoms with E-state index in [0.717, 1.165) is 48.1 Å². The van der Waals surface area contributed by atoms with Crippen molar-refractivity contribution < 1.29 is 4.79 Å². The standard InChI is InChI=1S/C19H22N6O/c1-24-6-3-13(4-7-24)19(26)22-18-10-14-9-15(11-20-17(14)12-21-18)16-5-8-25(2)23-16/h5,8-13H,3-4,6-7H2,1-2H3,(H,21,22,26). The molecule has 1 fully saturated rings. The lowest BCUT2D eigenvalue weighted by atomic mass is 9.96. The van der Waals surface area contributed by atoms with Gasteiger partial charge in [-0.25, -0.2) is 4.98 Å². The van der Waals surface area contributed by atoms with E-state index in [1.807, 2.05) is 31.4 Å². The van der Waals surface area contributed by atoms with Crippen molar-refractivity contribution in [3.63, 3.8) is 0 Å². The van der Waals surface area contributed by atoms with Crippen LogP contribution < -0.4 is 5.32 Å². The molecule has 7 heteroatoms. The van der Waals surface area contributed by atoms with Crippen LogP contribution in [0.2, 0.25) is 0 Å². The molecule has 3 aromatic rings. The van der Waals surface area contributed by atoms with E-state index in [1.54, 1.807) is 17.1 Å². The first-order valence-electron chi connectivity index (χ1n) is 8.84. The lowest BCUT2D eigenvalue weighted by Crippen LogP contribution is -2.36. The molecule has 1 N–H and O–H groups in total. The van der Waals surface area contributed by atoms with Crippen molar-refractivity contribution in [1.29, 1.82) is 0 Å². The van der Waals surface area contributed by atoms with Crippen molar-refractivity contribution in [2.75, 3.05) is 25.5 Å². The first-order chi connectivity index (χ1) is 12.6. The summed E-state index contributed by atoms with van der Waals surface area (Å²) in [6, 6.07) is 5.85. The van der Waals surface area contributed by atoms with Crippen LogP contribution >= 0.6 is 0 Å². The fraction of sp³-hybridized carbons (Fsp3) is 0.368. The average molecular weight is 350 g/mol. The highest BCUT2D eigenvalue weighted by atomic mass is 16.1. The molecule has 1 saturated heterocycles. The molecule has 4 rings (SSSR count). The van der Waals surface area contributed by atoms with Gasteiger partial charge in [-0.1, -0.05) is 0 Å². The Morgan fingerprint density at radius 1 is 1.15 bits per heavy atom. The molecule has 0 aliphatic carbocycles. The zero-order valence-corrected chi connectivity index (χ0v) is 15.0. The van der Waals surface area contributed by atoms with Crippen LogP contribution in [0.3, 0.4) is 0 Å². The molecular formula is C19H22N6O. The molecule has 0 bridgehead atoms. The first kappa shape index (κ1) is 16.7. The smallest absolute Gasteiger partial charge is 0.228 e. The second kappa shape index (κ2) is 6.84. The minimum atomic E-state index is 0.0544. The van der Waals surface area contributed by atoms with Crippen LogP contribution in [0.1, 0.15) is 12.8 Å². The van der Waals surface area contributed by atoms with Crippen molar-refractivity contribution in [3.05, 3.63) is 36.8 Å². The molecule has 1 amide bonds. The number of aryl methyl sites for hydroxylation is 1. The van der Waals surface area contributed by atoms with Crippen LogP contribution in [0.5, 0.6) is 0 Å². The molecule has 26 heavy (non-hydrogen) atoms. The summed E-state index contributed by atoms with van der Waals surface area (Å²) in [4.78, 5) is 23.6. The molecule has 0 radical (unpaired) electrons. The van der Waals surface area contributed by atoms with Crippen molar-refractivity contribution >= 4 is 22.6 Å². The average Bonchev–Trinajstić information content (AvgIpc) is 3.08. The van der Waals surface area contributed by atoms with Gasteiger partial charge in [-0.15, -0.1) is 0 Å². The van der Waals surface area contributed by atoms with Gasteiger partial charge >= 0.3 is 0 Å². The van der Waals surface area contributed by atoms with Crippen LogP contribution in [0.4, 0.5) is 5.82 Å². The largest absolute Gasteiger partial charge is 0.310 e. The number of nitrogens with zero attached hydrogens (tertiary/aromatic N) is 5. The predicted molar refractivity (Wildman–Crippen MR) is 101 cm³/mol. The monoisotopic (exact) mass is 350 g/mol. The third kappa shape index (κ3) is 3.43. The van der Waals surface area contributed by atoms with Crippen LogP contribution in [0.25, 0.3) is 22.2 Å². The summed E-state index contributed by atoms with van der Waals surface area (Å²) in [5, 5.41) is 8.31. The molecule has 0 saturated carbocycles. The van der Waals surface area contributed by atoms with Gasteiger partial charge < -0.3 is 10.2 Å². The Morgan fingerprint density at radius 3 is 2.69 bits per heavy atom. The fourth-order valence-electron chi connectivity index (χ4n) is 3.31. The van der Waals surface area contributed by atoms with Gasteiger partial charge in [0, 0.05) is 36.3 Å². The summed E-state index contributed by atoms with van der Waals surface area (Å²) < 4.78 is 1.76. The van der Waals surface area contributed by atoms with Gasteiger partial charge in [0.15, 0.2) is 0 Å². The zero-order valence-electron chi connectivity index (χ0n) is 15.0. The Labute approximate surface area is 152 Å². The number of nitrogens with one attached hydrogen (secondary N) is 1. The number of carbonyl (C=O) groups is 1. The number of fused-ring (bicyclic) bond motifs is 1. The highest BCUT2D eigenvalue weighted by molar-refractivity contribution is 5.94. The summed E-state index contributed by atoms with van der Waals surface area (Å²) in [6.07, 6.45) is 7.17. The summed E-state index contributed by atoms with van der Waals surface area (Å²) in [7, 11) is 3.98. The Kier molecular flexibility index (Phi) is 4.38. The number of amides is 1. The van der Waals surface area contributed by atoms with Crippen LogP contribution in [-0.4, -0.2) is 50.7 Å². The normalized spacial score (nSPS) is 16.1. The number of likely N-dealkylation sites (tertiary alicyclic amines) is 1. The molecule has 4 heterocycles. The number of pyridine rings is 2. The third-order valence-corrected chi connectivity index (χ3v) is 4.92. The second-order valence-electron chi connectivity index (χ2n) is 6.93. The summed E-state index contributed by atoms with van der Waals surface area (Å²) in [5.41, 5.74) is 2.61. The Morgan fingerprint density at radius 2 is 1.96 bits per heavy atom. The molecule has 0 aromatic carbocycles. The molecule has 1 aliphatic rings. The maximum absolute atomic E-state index is 12.5. The van der Waals surface area contributed by atoms with Gasteiger partial charge in [0.2, 0.25) is 5.91 Å². The quantitative estimate of drug-likeness (QED) is 0.784. The number of carbonyl (C=O) groups excluding carboxylic acids is 1. The molecule has 3 aromatic heterocycles. The van der Waals surface area contributed by atoms with Crippen molar-refractivity contribution in [2.24, 2.45) is 13.0 Å². The lowest BCUT2D eigenvalue weighted by Gasteiger charge is -2.27. The van der Waals surface area contributed by atoms with Gasteiger partial charge in [0.1, 0.15) is 5.82 Å². The molecule has 0 spiro atoms. The Hall–Kier alpha value is -2.80. The van der Waals surface area contributed by atoms with Gasteiger partial charge in [-0.05, 0) is 51.2 Å². The summed E-state index contributed by atoms with van der Waals surface area (Å²) >= 11 is 0. The molecule has 1 aliphatic heterocycles. The Balaban J connectivity index is 1.55. The number of rotatable bonds is 3. The van der Waals surface area contributed by atoms with E-state index in [9.17, 15) is 4.79 Å². The third-order valence-electron chi connectivity index (χ3n) is 4.92. The molecule has 0 unspecified atom stereocenters. The predicted octanol–water partition coefficient (Wildman–Crippen LogP) is 2.31. The van der Waals surface area contributed by atoms with E-state index in [0.29, 0.717) is 5.82 Å². The molecule has 7 nitrogen and oxygen atoms in total. The molecule has 0 atom stereocenters. The Bertz CT molecular complexity index is 942. The number of anilines is 1.